The summed E-state index contributed by atoms with van der Waals surface area (Å²) in [6, 6.07) is 16.2. The van der Waals surface area contributed by atoms with Crippen LogP contribution in [0.5, 0.6) is 5.75 Å². The number of para-hydroxylation sites is 1. The van der Waals surface area contributed by atoms with Crippen LogP contribution in [-0.4, -0.2) is 29.7 Å². The smallest absolute Gasteiger partial charge is 0.191 e. The zero-order chi connectivity index (χ0) is 18.2. The molecule has 0 amide bonds. The van der Waals surface area contributed by atoms with Gasteiger partial charge in [0.1, 0.15) is 5.75 Å². The van der Waals surface area contributed by atoms with Crippen molar-refractivity contribution in [3.05, 3.63) is 78.4 Å². The molecule has 2 N–H and O–H groups in total. The van der Waals surface area contributed by atoms with Gasteiger partial charge in [-0.2, -0.15) is 0 Å². The molecule has 0 fully saturated rings. The molecule has 0 saturated heterocycles. The van der Waals surface area contributed by atoms with Crippen molar-refractivity contribution in [2.24, 2.45) is 4.99 Å². The van der Waals surface area contributed by atoms with Crippen LogP contribution in [0.15, 0.2) is 72.2 Å². The van der Waals surface area contributed by atoms with Gasteiger partial charge in [-0.1, -0.05) is 30.3 Å². The Bertz CT molecular complexity index is 847. The molecular weight excluding hydrogens is 453 g/mol. The van der Waals surface area contributed by atoms with Crippen LogP contribution in [0.1, 0.15) is 11.1 Å². The number of benzene rings is 2. The second-order valence-corrected chi connectivity index (χ2v) is 5.73. The Kier molecular flexibility index (Phi) is 8.12. The van der Waals surface area contributed by atoms with Gasteiger partial charge in [0.25, 0.3) is 0 Å². The van der Waals surface area contributed by atoms with E-state index in [1.54, 1.807) is 26.7 Å². The predicted octanol–water partition coefficient (Wildman–Crippen LogP) is 3.36. The SMILES string of the molecule is CN=C(NCc1ccc(OC)cc1)NCc1ccccc1-n1ccnc1.I. The Morgan fingerprint density at radius 2 is 1.81 bits per heavy atom. The molecule has 0 spiro atoms. The largest absolute Gasteiger partial charge is 0.497 e. The molecule has 1 aromatic heterocycles. The quantitative estimate of drug-likeness (QED) is 0.325. The molecule has 1 heterocycles. The van der Waals surface area contributed by atoms with Crippen LogP contribution in [0.4, 0.5) is 0 Å². The number of imidazole rings is 1. The van der Waals surface area contributed by atoms with E-state index in [1.165, 1.54) is 0 Å². The molecule has 6 nitrogen and oxygen atoms in total. The average molecular weight is 477 g/mol. The average Bonchev–Trinajstić information content (AvgIpc) is 3.23. The van der Waals surface area contributed by atoms with Crippen molar-refractivity contribution in [1.29, 1.82) is 0 Å². The summed E-state index contributed by atoms with van der Waals surface area (Å²) in [7, 11) is 3.44. The molecule has 3 aromatic rings. The van der Waals surface area contributed by atoms with E-state index in [0.717, 1.165) is 28.5 Å². The van der Waals surface area contributed by atoms with E-state index >= 15 is 0 Å². The van der Waals surface area contributed by atoms with Crippen molar-refractivity contribution in [3.8, 4) is 11.4 Å². The van der Waals surface area contributed by atoms with Gasteiger partial charge in [0.05, 0.1) is 19.1 Å². The molecule has 2 aromatic carbocycles. The maximum atomic E-state index is 5.18. The van der Waals surface area contributed by atoms with Crippen molar-refractivity contribution in [2.45, 2.75) is 13.1 Å². The monoisotopic (exact) mass is 477 g/mol. The number of ether oxygens (including phenoxy) is 1. The van der Waals surface area contributed by atoms with Gasteiger partial charge in [-0.05, 0) is 29.3 Å². The Hall–Kier alpha value is -2.55. The summed E-state index contributed by atoms with van der Waals surface area (Å²) in [5.74, 6) is 1.61. The zero-order valence-electron chi connectivity index (χ0n) is 15.4. The minimum atomic E-state index is 0. The highest BCUT2D eigenvalue weighted by Crippen LogP contribution is 2.14. The summed E-state index contributed by atoms with van der Waals surface area (Å²) in [5, 5.41) is 6.69. The highest BCUT2D eigenvalue weighted by molar-refractivity contribution is 14.0. The molecular formula is C20H24IN5O. The summed E-state index contributed by atoms with van der Waals surface area (Å²) < 4.78 is 7.19. The highest BCUT2D eigenvalue weighted by Gasteiger charge is 2.05. The molecule has 0 radical (unpaired) electrons. The maximum absolute atomic E-state index is 5.18. The van der Waals surface area contributed by atoms with Gasteiger partial charge in [0.2, 0.25) is 0 Å². The van der Waals surface area contributed by atoms with Gasteiger partial charge >= 0.3 is 0 Å². The predicted molar refractivity (Wildman–Crippen MR) is 119 cm³/mol. The lowest BCUT2D eigenvalue weighted by molar-refractivity contribution is 0.414. The second kappa shape index (κ2) is 10.6. The van der Waals surface area contributed by atoms with Crippen molar-refractivity contribution in [2.75, 3.05) is 14.2 Å². The normalized spacial score (nSPS) is 10.8. The van der Waals surface area contributed by atoms with Crippen molar-refractivity contribution in [1.82, 2.24) is 20.2 Å². The molecule has 0 aliphatic heterocycles. The van der Waals surface area contributed by atoms with Crippen molar-refractivity contribution >= 4 is 29.9 Å². The summed E-state index contributed by atoms with van der Waals surface area (Å²) in [6.07, 6.45) is 5.52. The molecule has 0 aliphatic rings. The molecule has 27 heavy (non-hydrogen) atoms. The number of hydrogen-bond donors (Lipinski definition) is 2. The van der Waals surface area contributed by atoms with E-state index in [0.29, 0.717) is 13.1 Å². The fourth-order valence-electron chi connectivity index (χ4n) is 2.64. The lowest BCUT2D eigenvalue weighted by atomic mass is 10.1. The van der Waals surface area contributed by atoms with E-state index in [2.05, 4.69) is 32.7 Å². The molecule has 0 atom stereocenters. The Labute approximate surface area is 176 Å². The number of aliphatic imine (C=N–C) groups is 1. The highest BCUT2D eigenvalue weighted by atomic mass is 127. The third-order valence-electron chi connectivity index (χ3n) is 4.06. The van der Waals surface area contributed by atoms with Gasteiger partial charge in [0, 0.05) is 32.5 Å². The number of rotatable bonds is 6. The van der Waals surface area contributed by atoms with E-state index in [9.17, 15) is 0 Å². The Balaban J connectivity index is 0.00000261. The zero-order valence-corrected chi connectivity index (χ0v) is 17.8. The third kappa shape index (κ3) is 5.72. The van der Waals surface area contributed by atoms with Gasteiger partial charge < -0.3 is 19.9 Å². The van der Waals surface area contributed by atoms with Crippen molar-refractivity contribution < 1.29 is 4.74 Å². The molecule has 0 aliphatic carbocycles. The summed E-state index contributed by atoms with van der Waals surface area (Å²) >= 11 is 0. The minimum Gasteiger partial charge on any atom is -0.497 e. The van der Waals surface area contributed by atoms with Crippen LogP contribution in [0.2, 0.25) is 0 Å². The topological polar surface area (TPSA) is 63.5 Å². The lowest BCUT2D eigenvalue weighted by Gasteiger charge is -2.14. The number of guanidine groups is 1. The third-order valence-corrected chi connectivity index (χ3v) is 4.06. The van der Waals surface area contributed by atoms with Gasteiger partial charge in [-0.15, -0.1) is 24.0 Å². The molecule has 0 saturated carbocycles. The van der Waals surface area contributed by atoms with E-state index in [1.807, 2.05) is 47.2 Å². The first kappa shape index (κ1) is 20.8. The second-order valence-electron chi connectivity index (χ2n) is 5.73. The first-order chi connectivity index (χ1) is 12.8. The Morgan fingerprint density at radius 1 is 1.07 bits per heavy atom. The summed E-state index contributed by atoms with van der Waals surface area (Å²) in [5.41, 5.74) is 3.42. The summed E-state index contributed by atoms with van der Waals surface area (Å²) in [4.78, 5) is 8.42. The lowest BCUT2D eigenvalue weighted by Crippen LogP contribution is -2.36. The number of hydrogen-bond acceptors (Lipinski definition) is 3. The number of halogens is 1. The van der Waals surface area contributed by atoms with Crippen LogP contribution in [0, 0.1) is 0 Å². The molecule has 142 valence electrons. The molecule has 0 bridgehead atoms. The molecule has 3 rings (SSSR count). The maximum Gasteiger partial charge on any atom is 0.191 e. The van der Waals surface area contributed by atoms with Gasteiger partial charge in [-0.25, -0.2) is 4.98 Å². The fraction of sp³-hybridized carbons (Fsp3) is 0.200. The molecule has 7 heteroatoms. The van der Waals surface area contributed by atoms with E-state index in [-0.39, 0.29) is 24.0 Å². The Morgan fingerprint density at radius 3 is 2.48 bits per heavy atom. The van der Waals surface area contributed by atoms with Crippen molar-refractivity contribution in [3.63, 3.8) is 0 Å². The first-order valence-electron chi connectivity index (χ1n) is 8.44. The number of aromatic nitrogens is 2. The van der Waals surface area contributed by atoms with Crippen LogP contribution in [0.3, 0.4) is 0 Å². The minimum absolute atomic E-state index is 0. The molecule has 0 unspecified atom stereocenters. The van der Waals surface area contributed by atoms with Crippen LogP contribution in [0.25, 0.3) is 5.69 Å². The van der Waals surface area contributed by atoms with E-state index < -0.39 is 0 Å². The summed E-state index contributed by atoms with van der Waals surface area (Å²) in [6.45, 7) is 1.35. The number of methoxy groups -OCH3 is 1. The fourth-order valence-corrected chi connectivity index (χ4v) is 2.64. The number of nitrogens with zero attached hydrogens (tertiary/aromatic N) is 3. The van der Waals surface area contributed by atoms with Crippen LogP contribution >= 0.6 is 24.0 Å². The standard InChI is InChI=1S/C20H23N5O.HI/c1-21-20(23-13-16-7-9-18(26-2)10-8-16)24-14-17-5-3-4-6-19(17)25-12-11-22-15-25;/h3-12,15H,13-14H2,1-2H3,(H2,21,23,24);1H. The number of nitrogens with one attached hydrogen (secondary N) is 2. The van der Waals surface area contributed by atoms with Gasteiger partial charge in [0.15, 0.2) is 5.96 Å². The first-order valence-corrected chi connectivity index (χ1v) is 8.44. The van der Waals surface area contributed by atoms with Crippen LogP contribution < -0.4 is 15.4 Å². The van der Waals surface area contributed by atoms with E-state index in [4.69, 9.17) is 4.74 Å². The van der Waals surface area contributed by atoms with Gasteiger partial charge in [-0.3, -0.25) is 4.99 Å². The van der Waals surface area contributed by atoms with Crippen LogP contribution in [-0.2, 0) is 13.1 Å².